The Hall–Kier alpha value is -2.82. The largest absolute Gasteiger partial charge is 0.480 e. The average molecular weight is 400 g/mol. The lowest BCUT2D eigenvalue weighted by molar-refractivity contribution is -0.387. The first-order valence-corrected chi connectivity index (χ1v) is 8.65. The first kappa shape index (κ1) is 22.2. The van der Waals surface area contributed by atoms with Gasteiger partial charge in [-0.15, -0.1) is 11.8 Å². The predicted octanol–water partition coefficient (Wildman–Crippen LogP) is 2.45. The smallest absolute Gasteiger partial charge is 0.408 e. The fourth-order valence-corrected chi connectivity index (χ4v) is 2.84. The summed E-state index contributed by atoms with van der Waals surface area (Å²) in [6.45, 7) is 4.88. The molecule has 0 fully saturated rings. The van der Waals surface area contributed by atoms with Gasteiger partial charge in [-0.2, -0.15) is 0 Å². The Morgan fingerprint density at radius 3 is 2.44 bits per heavy atom. The van der Waals surface area contributed by atoms with E-state index in [9.17, 15) is 29.6 Å². The number of carboxylic acid groups (broad SMARTS) is 1. The van der Waals surface area contributed by atoms with Gasteiger partial charge in [0.2, 0.25) is 0 Å². The molecule has 0 saturated carbocycles. The van der Waals surface area contributed by atoms with E-state index >= 15 is 0 Å². The fraction of sp³-hybridized carbons (Fsp3) is 0.438. The molecule has 27 heavy (non-hydrogen) atoms. The lowest BCUT2D eigenvalue weighted by atomic mass is 10.2. The minimum Gasteiger partial charge on any atom is -0.480 e. The Bertz CT molecular complexity index is 744. The molecule has 0 aliphatic carbocycles. The van der Waals surface area contributed by atoms with Crippen LogP contribution in [0.4, 0.5) is 10.5 Å². The number of carbonyl (C=O) groups is 3. The van der Waals surface area contributed by atoms with Crippen LogP contribution in [0.3, 0.4) is 0 Å². The van der Waals surface area contributed by atoms with Crippen LogP contribution in [0.1, 0.15) is 31.1 Å². The first-order chi connectivity index (χ1) is 12.4. The van der Waals surface area contributed by atoms with Gasteiger partial charge in [0.1, 0.15) is 11.6 Å². The number of nitro groups is 1. The number of hydrogen-bond acceptors (Lipinski definition) is 8. The number of thioether (sulfide) groups is 1. The zero-order valence-corrected chi connectivity index (χ0v) is 16.0. The van der Waals surface area contributed by atoms with Crippen molar-refractivity contribution < 1.29 is 33.9 Å². The van der Waals surface area contributed by atoms with Crippen molar-refractivity contribution in [1.82, 2.24) is 5.32 Å². The van der Waals surface area contributed by atoms with Crippen molar-refractivity contribution in [1.29, 1.82) is 0 Å². The van der Waals surface area contributed by atoms with Crippen molar-refractivity contribution in [2.24, 2.45) is 0 Å². The van der Waals surface area contributed by atoms with Gasteiger partial charge in [-0.3, -0.25) is 10.1 Å². The summed E-state index contributed by atoms with van der Waals surface area (Å²) in [5.74, 6) is -2.24. The third-order valence-corrected chi connectivity index (χ3v) is 4.13. The second kappa shape index (κ2) is 9.21. The Kier molecular flexibility index (Phi) is 7.58. The van der Waals surface area contributed by atoms with Gasteiger partial charge in [-0.1, -0.05) is 0 Å². The van der Waals surface area contributed by atoms with Gasteiger partial charge in [0.15, 0.2) is 0 Å². The van der Waals surface area contributed by atoms with Gasteiger partial charge in [0.05, 0.1) is 22.5 Å². The highest BCUT2D eigenvalue weighted by Gasteiger charge is 2.26. The van der Waals surface area contributed by atoms with Gasteiger partial charge in [-0.25, -0.2) is 14.4 Å². The number of carbonyl (C=O) groups excluding carboxylic acids is 2. The van der Waals surface area contributed by atoms with E-state index in [1.165, 1.54) is 12.1 Å². The summed E-state index contributed by atoms with van der Waals surface area (Å²) < 4.78 is 9.52. The number of ether oxygens (including phenoxy) is 2. The SMILES string of the molecule is COC(=O)c1ccc(SCC(NC(=O)OC(C)(C)C)C(=O)O)c([N+](=O)[O-])c1. The molecule has 1 unspecified atom stereocenters. The van der Waals surface area contributed by atoms with E-state index in [-0.39, 0.29) is 21.9 Å². The second-order valence-electron chi connectivity index (χ2n) is 6.28. The molecule has 148 valence electrons. The average Bonchev–Trinajstić information content (AvgIpc) is 2.55. The van der Waals surface area contributed by atoms with Crippen LogP contribution in [0, 0.1) is 10.1 Å². The highest BCUT2D eigenvalue weighted by atomic mass is 32.2. The molecular weight excluding hydrogens is 380 g/mol. The third kappa shape index (κ3) is 7.13. The van der Waals surface area contributed by atoms with E-state index < -0.39 is 34.6 Å². The summed E-state index contributed by atoms with van der Waals surface area (Å²) in [6, 6.07) is 2.37. The summed E-state index contributed by atoms with van der Waals surface area (Å²) in [6.07, 6.45) is -0.911. The molecule has 10 nitrogen and oxygen atoms in total. The standard InChI is InChI=1S/C16H20N2O8S/c1-16(2,3)26-15(22)17-10(13(19)20)8-27-12-6-5-9(14(21)25-4)7-11(12)18(23)24/h5-7,10H,8H2,1-4H3,(H,17,22)(H,19,20). The Labute approximate surface area is 159 Å². The molecule has 11 heteroatoms. The highest BCUT2D eigenvalue weighted by molar-refractivity contribution is 7.99. The molecule has 1 atom stereocenters. The van der Waals surface area contributed by atoms with Gasteiger partial charge >= 0.3 is 18.0 Å². The number of amides is 1. The third-order valence-electron chi connectivity index (χ3n) is 2.97. The number of nitro benzene ring substituents is 1. The highest BCUT2D eigenvalue weighted by Crippen LogP contribution is 2.31. The molecule has 1 aromatic rings. The number of alkyl carbamates (subject to hydrolysis) is 1. The van der Waals surface area contributed by atoms with Crippen LogP contribution in [0.5, 0.6) is 0 Å². The van der Waals surface area contributed by atoms with E-state index in [0.717, 1.165) is 24.9 Å². The maximum absolute atomic E-state index is 11.7. The Morgan fingerprint density at radius 2 is 1.96 bits per heavy atom. The summed E-state index contributed by atoms with van der Waals surface area (Å²) >= 11 is 0.855. The van der Waals surface area contributed by atoms with Crippen LogP contribution < -0.4 is 5.32 Å². The van der Waals surface area contributed by atoms with Crippen LogP contribution in [-0.4, -0.2) is 52.6 Å². The minimum absolute atomic E-state index is 0.00443. The van der Waals surface area contributed by atoms with Gasteiger partial charge in [0.25, 0.3) is 5.69 Å². The van der Waals surface area contributed by atoms with Crippen molar-refractivity contribution in [3.8, 4) is 0 Å². The molecule has 0 aliphatic rings. The molecule has 1 amide bonds. The van der Waals surface area contributed by atoms with Crippen molar-refractivity contribution in [3.05, 3.63) is 33.9 Å². The van der Waals surface area contributed by atoms with Crippen LogP contribution in [0.2, 0.25) is 0 Å². The molecule has 1 aromatic carbocycles. The van der Waals surface area contributed by atoms with E-state index in [1.807, 2.05) is 0 Å². The van der Waals surface area contributed by atoms with E-state index in [2.05, 4.69) is 10.1 Å². The fourth-order valence-electron chi connectivity index (χ4n) is 1.82. The normalized spacial score (nSPS) is 12.0. The van der Waals surface area contributed by atoms with Crippen LogP contribution in [0.25, 0.3) is 0 Å². The molecule has 0 saturated heterocycles. The number of nitrogens with zero attached hydrogens (tertiary/aromatic N) is 1. The predicted molar refractivity (Wildman–Crippen MR) is 96.0 cm³/mol. The van der Waals surface area contributed by atoms with E-state index in [1.54, 1.807) is 20.8 Å². The molecule has 0 bridgehead atoms. The first-order valence-electron chi connectivity index (χ1n) is 7.66. The van der Waals surface area contributed by atoms with Crippen molar-refractivity contribution in [2.75, 3.05) is 12.9 Å². The van der Waals surface area contributed by atoms with Crippen LogP contribution in [-0.2, 0) is 14.3 Å². The van der Waals surface area contributed by atoms with Crippen LogP contribution in [0.15, 0.2) is 23.1 Å². The molecule has 1 rings (SSSR count). The monoisotopic (exact) mass is 400 g/mol. The Balaban J connectivity index is 2.92. The maximum Gasteiger partial charge on any atom is 0.408 e. The number of benzene rings is 1. The summed E-state index contributed by atoms with van der Waals surface area (Å²) in [5, 5.41) is 22.7. The molecule has 0 spiro atoms. The number of aliphatic carboxylic acids is 1. The van der Waals surface area contributed by atoms with Crippen molar-refractivity contribution in [3.63, 3.8) is 0 Å². The van der Waals surface area contributed by atoms with Gasteiger partial charge in [0, 0.05) is 11.8 Å². The number of methoxy groups -OCH3 is 1. The lowest BCUT2D eigenvalue weighted by Gasteiger charge is -2.21. The maximum atomic E-state index is 11.7. The number of rotatable bonds is 7. The summed E-state index contributed by atoms with van der Waals surface area (Å²) in [5.41, 5.74) is -1.18. The van der Waals surface area contributed by atoms with Crippen molar-refractivity contribution >= 4 is 35.5 Å². The minimum atomic E-state index is -1.33. The van der Waals surface area contributed by atoms with Crippen LogP contribution >= 0.6 is 11.8 Å². The summed E-state index contributed by atoms with van der Waals surface area (Å²) in [4.78, 5) is 45.3. The number of esters is 1. The quantitative estimate of drug-likeness (QED) is 0.305. The van der Waals surface area contributed by atoms with Gasteiger partial charge < -0.3 is 19.9 Å². The van der Waals surface area contributed by atoms with E-state index in [4.69, 9.17) is 4.74 Å². The number of nitrogens with one attached hydrogen (secondary N) is 1. The van der Waals surface area contributed by atoms with Gasteiger partial charge in [-0.05, 0) is 32.9 Å². The number of carboxylic acids is 1. The summed E-state index contributed by atoms with van der Waals surface area (Å²) in [7, 11) is 1.15. The molecular formula is C16H20N2O8S. The molecule has 0 aromatic heterocycles. The molecule has 0 heterocycles. The lowest BCUT2D eigenvalue weighted by Crippen LogP contribution is -2.44. The second-order valence-corrected chi connectivity index (χ2v) is 7.34. The van der Waals surface area contributed by atoms with E-state index in [0.29, 0.717) is 0 Å². The molecule has 0 radical (unpaired) electrons. The molecule has 2 N–H and O–H groups in total. The number of hydrogen-bond donors (Lipinski definition) is 2. The zero-order chi connectivity index (χ0) is 20.8. The molecule has 0 aliphatic heterocycles. The Morgan fingerprint density at radius 1 is 1.33 bits per heavy atom. The topological polar surface area (TPSA) is 145 Å². The zero-order valence-electron chi connectivity index (χ0n) is 15.2. The van der Waals surface area contributed by atoms with Crippen molar-refractivity contribution in [2.45, 2.75) is 37.3 Å².